The Kier molecular flexibility index (Phi) is 2.52. The van der Waals surface area contributed by atoms with Crippen LogP contribution in [0.4, 0.5) is 5.13 Å². The third-order valence-corrected chi connectivity index (χ3v) is 3.23. The number of aromatic nitrogens is 2. The van der Waals surface area contributed by atoms with Crippen LogP contribution in [-0.4, -0.2) is 39.0 Å². The van der Waals surface area contributed by atoms with Crippen LogP contribution >= 0.6 is 11.3 Å². The van der Waals surface area contributed by atoms with E-state index in [1.807, 2.05) is 32.9 Å². The molecule has 2 rings (SSSR count). The smallest absolute Gasteiger partial charge is 0.207 e. The van der Waals surface area contributed by atoms with Gasteiger partial charge in [-0.05, 0) is 11.5 Å². The highest BCUT2D eigenvalue weighted by atomic mass is 32.1. The SMILES string of the molecule is Bc1cc2nc(N(C)C)sc2nc1OC. The quantitative estimate of drug-likeness (QED) is 0.670. The van der Waals surface area contributed by atoms with Gasteiger partial charge in [-0.1, -0.05) is 11.3 Å². The van der Waals surface area contributed by atoms with Gasteiger partial charge in [0.05, 0.1) is 7.11 Å². The second-order valence-corrected chi connectivity index (χ2v) is 4.49. The van der Waals surface area contributed by atoms with E-state index in [1.165, 1.54) is 0 Å². The van der Waals surface area contributed by atoms with E-state index in [2.05, 4.69) is 9.97 Å². The Bertz CT molecular complexity index is 497. The lowest BCUT2D eigenvalue weighted by atomic mass is 9.98. The van der Waals surface area contributed by atoms with Crippen molar-refractivity contribution in [2.75, 3.05) is 26.1 Å². The summed E-state index contributed by atoms with van der Waals surface area (Å²) in [6.45, 7) is 0. The summed E-state index contributed by atoms with van der Waals surface area (Å²) in [7, 11) is 7.55. The fraction of sp³-hybridized carbons (Fsp3) is 0.333. The zero-order valence-corrected chi connectivity index (χ0v) is 10.1. The third kappa shape index (κ3) is 1.77. The van der Waals surface area contributed by atoms with Crippen LogP contribution < -0.4 is 15.1 Å². The molecule has 0 N–H and O–H groups in total. The van der Waals surface area contributed by atoms with E-state index in [-0.39, 0.29) is 0 Å². The van der Waals surface area contributed by atoms with Crippen molar-refractivity contribution in [3.05, 3.63) is 6.07 Å². The standard InChI is InChI=1S/C9H12BN3OS/c1-13(2)9-11-6-4-5(10)7(14-3)12-8(6)15-9/h4H,10H2,1-3H3. The van der Waals surface area contributed by atoms with Crippen LogP contribution in [0.1, 0.15) is 0 Å². The highest BCUT2D eigenvalue weighted by Crippen LogP contribution is 2.26. The summed E-state index contributed by atoms with van der Waals surface area (Å²) in [5, 5.41) is 0.963. The number of pyridine rings is 1. The van der Waals surface area contributed by atoms with Crippen molar-refractivity contribution < 1.29 is 4.74 Å². The molecule has 6 heteroatoms. The largest absolute Gasteiger partial charge is 0.481 e. The van der Waals surface area contributed by atoms with Gasteiger partial charge in [-0.3, -0.25) is 0 Å². The van der Waals surface area contributed by atoms with Gasteiger partial charge in [0.2, 0.25) is 5.88 Å². The molecule has 0 atom stereocenters. The average Bonchev–Trinajstić information content (AvgIpc) is 2.59. The molecular formula is C9H12BN3OS. The first kappa shape index (κ1) is 10.2. The molecule has 0 aromatic carbocycles. The van der Waals surface area contributed by atoms with Crippen LogP contribution in [-0.2, 0) is 0 Å². The van der Waals surface area contributed by atoms with Crippen LogP contribution in [0.3, 0.4) is 0 Å². The Morgan fingerprint density at radius 2 is 2.13 bits per heavy atom. The number of hydrogen-bond donors (Lipinski definition) is 0. The summed E-state index contributed by atoms with van der Waals surface area (Å²) in [6, 6.07) is 2.00. The molecular weight excluding hydrogens is 209 g/mol. The van der Waals surface area contributed by atoms with Crippen molar-refractivity contribution in [3.63, 3.8) is 0 Å². The molecule has 4 nitrogen and oxygen atoms in total. The van der Waals surface area contributed by atoms with E-state index in [1.54, 1.807) is 18.4 Å². The maximum absolute atomic E-state index is 5.18. The summed E-state index contributed by atoms with van der Waals surface area (Å²) < 4.78 is 5.18. The Morgan fingerprint density at radius 1 is 1.40 bits per heavy atom. The predicted octanol–water partition coefficient (Wildman–Crippen LogP) is 0.0243. The summed E-state index contributed by atoms with van der Waals surface area (Å²) >= 11 is 1.57. The molecule has 0 spiro atoms. The topological polar surface area (TPSA) is 38.2 Å². The Labute approximate surface area is 93.3 Å². The molecule has 0 fully saturated rings. The number of fused-ring (bicyclic) bond motifs is 1. The van der Waals surface area contributed by atoms with Gasteiger partial charge in [-0.2, -0.15) is 0 Å². The van der Waals surface area contributed by atoms with Crippen molar-refractivity contribution in [1.29, 1.82) is 0 Å². The van der Waals surface area contributed by atoms with Gasteiger partial charge in [0.15, 0.2) is 5.13 Å². The van der Waals surface area contributed by atoms with Crippen molar-refractivity contribution in [2.45, 2.75) is 0 Å². The van der Waals surface area contributed by atoms with Gasteiger partial charge < -0.3 is 9.64 Å². The molecule has 0 saturated carbocycles. The molecule has 0 saturated heterocycles. The minimum Gasteiger partial charge on any atom is -0.481 e. The molecule has 0 radical (unpaired) electrons. The Morgan fingerprint density at radius 3 is 2.73 bits per heavy atom. The molecule has 0 aliphatic rings. The van der Waals surface area contributed by atoms with Crippen LogP contribution in [0.25, 0.3) is 10.3 Å². The van der Waals surface area contributed by atoms with Gasteiger partial charge in [0.25, 0.3) is 0 Å². The van der Waals surface area contributed by atoms with Crippen LogP contribution in [0.5, 0.6) is 5.88 Å². The predicted molar refractivity (Wildman–Crippen MR) is 66.5 cm³/mol. The maximum atomic E-state index is 5.18. The molecule has 0 aliphatic heterocycles. The minimum atomic E-state index is 0.677. The van der Waals surface area contributed by atoms with Crippen LogP contribution in [0.2, 0.25) is 0 Å². The van der Waals surface area contributed by atoms with Crippen molar-refractivity contribution in [2.24, 2.45) is 0 Å². The highest BCUT2D eigenvalue weighted by molar-refractivity contribution is 7.21. The fourth-order valence-corrected chi connectivity index (χ4v) is 2.17. The zero-order valence-electron chi connectivity index (χ0n) is 9.24. The van der Waals surface area contributed by atoms with E-state index in [9.17, 15) is 0 Å². The molecule has 0 amide bonds. The molecule has 0 aliphatic carbocycles. The van der Waals surface area contributed by atoms with Crippen molar-refractivity contribution >= 4 is 40.1 Å². The molecule has 15 heavy (non-hydrogen) atoms. The van der Waals surface area contributed by atoms with Crippen LogP contribution in [0.15, 0.2) is 6.07 Å². The number of anilines is 1. The zero-order chi connectivity index (χ0) is 11.0. The van der Waals surface area contributed by atoms with Crippen molar-refractivity contribution in [1.82, 2.24) is 9.97 Å². The summed E-state index contributed by atoms with van der Waals surface area (Å²) in [5.74, 6) is 0.677. The first-order valence-corrected chi connectivity index (χ1v) is 5.43. The number of hydrogen-bond acceptors (Lipinski definition) is 5. The van der Waals surface area contributed by atoms with E-state index in [0.29, 0.717) is 5.88 Å². The maximum Gasteiger partial charge on any atom is 0.207 e. The molecule has 0 bridgehead atoms. The second kappa shape index (κ2) is 3.69. The second-order valence-electron chi connectivity index (χ2n) is 3.53. The van der Waals surface area contributed by atoms with E-state index in [0.717, 1.165) is 20.9 Å². The van der Waals surface area contributed by atoms with Gasteiger partial charge in [-0.25, -0.2) is 9.97 Å². The number of thiazole rings is 1. The molecule has 0 unspecified atom stereocenters. The monoisotopic (exact) mass is 221 g/mol. The first-order valence-electron chi connectivity index (χ1n) is 4.61. The summed E-state index contributed by atoms with van der Waals surface area (Å²) in [6.07, 6.45) is 0. The lowest BCUT2D eigenvalue weighted by molar-refractivity contribution is 0.403. The van der Waals surface area contributed by atoms with Gasteiger partial charge >= 0.3 is 0 Å². The van der Waals surface area contributed by atoms with Gasteiger partial charge in [-0.15, -0.1) is 0 Å². The number of ether oxygens (including phenoxy) is 1. The summed E-state index contributed by atoms with van der Waals surface area (Å²) in [5.41, 5.74) is 1.95. The van der Waals surface area contributed by atoms with Crippen molar-refractivity contribution in [3.8, 4) is 5.88 Å². The molecule has 78 valence electrons. The van der Waals surface area contributed by atoms with E-state index < -0.39 is 0 Å². The molecule has 2 heterocycles. The molecule has 2 aromatic heterocycles. The number of methoxy groups -OCH3 is 1. The fourth-order valence-electron chi connectivity index (χ4n) is 1.33. The molecule has 2 aromatic rings. The lowest BCUT2D eigenvalue weighted by Crippen LogP contribution is -2.09. The minimum absolute atomic E-state index is 0.677. The van der Waals surface area contributed by atoms with E-state index >= 15 is 0 Å². The first-order chi connectivity index (χ1) is 7.11. The third-order valence-electron chi connectivity index (χ3n) is 2.09. The van der Waals surface area contributed by atoms with Gasteiger partial charge in [0, 0.05) is 14.1 Å². The highest BCUT2D eigenvalue weighted by Gasteiger charge is 2.09. The number of nitrogens with zero attached hydrogens (tertiary/aromatic N) is 3. The lowest BCUT2D eigenvalue weighted by Gasteiger charge is -2.04. The Balaban J connectivity index is 2.61. The normalized spacial score (nSPS) is 10.6. The number of rotatable bonds is 2. The average molecular weight is 221 g/mol. The summed E-state index contributed by atoms with van der Waals surface area (Å²) in [4.78, 5) is 11.8. The van der Waals surface area contributed by atoms with Crippen LogP contribution in [0, 0.1) is 0 Å². The van der Waals surface area contributed by atoms with Gasteiger partial charge in [0.1, 0.15) is 18.2 Å². The Hall–Kier alpha value is -1.30. The van der Waals surface area contributed by atoms with E-state index in [4.69, 9.17) is 4.74 Å².